The Morgan fingerprint density at radius 2 is 2.06 bits per heavy atom. The molecule has 0 saturated carbocycles. The Morgan fingerprint density at radius 3 is 2.70 bits per heavy atom. The van der Waals surface area contributed by atoms with E-state index < -0.39 is 24.4 Å². The highest BCUT2D eigenvalue weighted by Crippen LogP contribution is 2.32. The zero-order valence-electron chi connectivity index (χ0n) is 17.2. The van der Waals surface area contributed by atoms with Crippen molar-refractivity contribution in [1.29, 1.82) is 5.26 Å². The van der Waals surface area contributed by atoms with Crippen LogP contribution in [0.25, 0.3) is 0 Å². The predicted molar refractivity (Wildman–Crippen MR) is 117 cm³/mol. The number of aromatic nitrogens is 4. The third-order valence-electron chi connectivity index (χ3n) is 4.40. The molecule has 0 unspecified atom stereocenters. The summed E-state index contributed by atoms with van der Waals surface area (Å²) in [4.78, 5) is 3.93. The van der Waals surface area contributed by atoms with Gasteiger partial charge in [-0.2, -0.15) is 20.1 Å². The Morgan fingerprint density at radius 1 is 1.30 bits per heavy atom. The maximum absolute atomic E-state index is 13.2. The number of hydrogen-bond donors (Lipinski definition) is 1. The van der Waals surface area contributed by atoms with Gasteiger partial charge < -0.3 is 4.74 Å². The summed E-state index contributed by atoms with van der Waals surface area (Å²) in [6.07, 6.45) is -4.31. The van der Waals surface area contributed by atoms with Crippen LogP contribution in [-0.2, 0) is 5.75 Å². The minimum atomic E-state index is -2.87. The molecule has 2 aromatic heterocycles. The van der Waals surface area contributed by atoms with Gasteiger partial charge in [-0.25, -0.2) is 27.6 Å². The summed E-state index contributed by atoms with van der Waals surface area (Å²) >= 11 is 6.03. The van der Waals surface area contributed by atoms with Crippen molar-refractivity contribution in [3.05, 3.63) is 62.8 Å². The van der Waals surface area contributed by atoms with Crippen LogP contribution in [0.15, 0.2) is 34.4 Å². The molecule has 0 saturated heterocycles. The van der Waals surface area contributed by atoms with E-state index in [1.165, 1.54) is 19.4 Å². The molecule has 172 valence electrons. The normalized spacial score (nSPS) is 11.5. The highest BCUT2D eigenvalue weighted by atomic mass is 32.2. The average Bonchev–Trinajstić information content (AvgIpc) is 3.16. The van der Waals surface area contributed by atoms with Gasteiger partial charge in [-0.05, 0) is 54.5 Å². The van der Waals surface area contributed by atoms with Crippen LogP contribution in [0.1, 0.15) is 46.6 Å². The molecular formula is C20H16F4N6OS2. The Balaban J connectivity index is 1.90. The van der Waals surface area contributed by atoms with Crippen LogP contribution in [0.5, 0.6) is 5.75 Å². The number of alkyl halides is 4. The van der Waals surface area contributed by atoms with E-state index in [0.29, 0.717) is 22.4 Å². The number of ether oxygens (including phenoxy) is 1. The molecule has 0 bridgehead atoms. The highest BCUT2D eigenvalue weighted by Gasteiger charge is 2.18. The number of benzene rings is 1. The van der Waals surface area contributed by atoms with Crippen molar-refractivity contribution >= 4 is 30.2 Å². The fourth-order valence-electron chi connectivity index (χ4n) is 2.84. The first kappa shape index (κ1) is 24.4. The second-order valence-corrected chi connectivity index (χ2v) is 7.91. The molecule has 3 aromatic rings. The molecule has 0 aliphatic heterocycles. The van der Waals surface area contributed by atoms with Crippen LogP contribution >= 0.6 is 24.0 Å². The first-order chi connectivity index (χ1) is 15.7. The fraction of sp³-hybridized carbons (Fsp3) is 0.250. The van der Waals surface area contributed by atoms with Crippen molar-refractivity contribution in [3.63, 3.8) is 0 Å². The molecule has 0 fully saturated rings. The van der Waals surface area contributed by atoms with Gasteiger partial charge in [0, 0.05) is 11.3 Å². The molecule has 13 heteroatoms. The number of halogens is 4. The Labute approximate surface area is 195 Å². The number of hydrogen-bond acceptors (Lipinski definition) is 7. The fourth-order valence-corrected chi connectivity index (χ4v) is 4.06. The van der Waals surface area contributed by atoms with Crippen LogP contribution < -0.4 is 4.74 Å². The molecule has 0 radical (unpaired) electrons. The van der Waals surface area contributed by atoms with E-state index in [2.05, 4.69) is 20.3 Å². The van der Waals surface area contributed by atoms with E-state index in [1.54, 1.807) is 25.1 Å². The highest BCUT2D eigenvalue weighted by molar-refractivity contribution is 7.98. The van der Waals surface area contributed by atoms with E-state index in [-0.39, 0.29) is 21.1 Å². The van der Waals surface area contributed by atoms with Gasteiger partial charge in [0.2, 0.25) is 10.6 Å². The zero-order valence-corrected chi connectivity index (χ0v) is 18.9. The molecule has 7 nitrogen and oxygen atoms in total. The smallest absolute Gasteiger partial charge is 0.299 e. The SMILES string of the molecule is COc1ccc(/C=N\n2c(C(F)F)n[nH]c2=S)cc1CSc1nc(C(F)F)cc(C)c1C#N. The number of pyridine rings is 1. The molecule has 33 heavy (non-hydrogen) atoms. The van der Waals surface area contributed by atoms with E-state index in [4.69, 9.17) is 17.0 Å². The molecular weight excluding hydrogens is 480 g/mol. The molecule has 0 atom stereocenters. The number of rotatable bonds is 8. The summed E-state index contributed by atoms with van der Waals surface area (Å²) < 4.78 is 58.5. The van der Waals surface area contributed by atoms with Crippen LogP contribution in [0.4, 0.5) is 17.6 Å². The number of methoxy groups -OCH3 is 1. The van der Waals surface area contributed by atoms with Gasteiger partial charge in [-0.15, -0.1) is 11.8 Å². The lowest BCUT2D eigenvalue weighted by molar-refractivity contribution is 0.136. The topological polar surface area (TPSA) is 91.9 Å². The van der Waals surface area contributed by atoms with E-state index in [9.17, 15) is 22.8 Å². The first-order valence-corrected chi connectivity index (χ1v) is 10.6. The van der Waals surface area contributed by atoms with Gasteiger partial charge in [0.15, 0.2) is 0 Å². The quantitative estimate of drug-likeness (QED) is 0.190. The predicted octanol–water partition coefficient (Wildman–Crippen LogP) is 5.57. The molecule has 1 aromatic carbocycles. The number of H-pyrrole nitrogens is 1. The van der Waals surface area contributed by atoms with Crippen molar-refractivity contribution in [2.75, 3.05) is 7.11 Å². The molecule has 2 heterocycles. The van der Waals surface area contributed by atoms with Crippen LogP contribution in [-0.4, -0.2) is 33.2 Å². The zero-order chi connectivity index (χ0) is 24.1. The van der Waals surface area contributed by atoms with Crippen molar-refractivity contribution in [1.82, 2.24) is 19.9 Å². The summed E-state index contributed by atoms with van der Waals surface area (Å²) in [7, 11) is 1.47. The minimum Gasteiger partial charge on any atom is -0.496 e. The summed E-state index contributed by atoms with van der Waals surface area (Å²) in [5.41, 5.74) is 1.41. The third kappa shape index (κ3) is 5.58. The summed E-state index contributed by atoms with van der Waals surface area (Å²) in [6.45, 7) is 1.57. The molecule has 3 rings (SSSR count). The van der Waals surface area contributed by atoms with E-state index >= 15 is 0 Å². The number of aromatic amines is 1. The van der Waals surface area contributed by atoms with Gasteiger partial charge in [0.25, 0.3) is 12.9 Å². The second-order valence-electron chi connectivity index (χ2n) is 6.56. The van der Waals surface area contributed by atoms with Crippen LogP contribution in [0.2, 0.25) is 0 Å². The van der Waals surface area contributed by atoms with Gasteiger partial charge in [-0.1, -0.05) is 0 Å². The summed E-state index contributed by atoms with van der Waals surface area (Å²) in [5, 5.41) is 19.3. The molecule has 1 N–H and O–H groups in total. The Kier molecular flexibility index (Phi) is 7.83. The number of nitrogens with zero attached hydrogens (tertiary/aromatic N) is 5. The van der Waals surface area contributed by atoms with Gasteiger partial charge in [-0.3, -0.25) is 0 Å². The van der Waals surface area contributed by atoms with Crippen molar-refractivity contribution in [2.45, 2.75) is 30.6 Å². The first-order valence-electron chi connectivity index (χ1n) is 9.24. The largest absolute Gasteiger partial charge is 0.496 e. The summed E-state index contributed by atoms with van der Waals surface area (Å²) in [6, 6.07) is 8.19. The lowest BCUT2D eigenvalue weighted by Gasteiger charge is -2.11. The van der Waals surface area contributed by atoms with Crippen molar-refractivity contribution in [2.24, 2.45) is 5.10 Å². The monoisotopic (exact) mass is 496 g/mol. The number of thioether (sulfide) groups is 1. The average molecular weight is 497 g/mol. The van der Waals surface area contributed by atoms with E-state index in [1.807, 2.05) is 6.07 Å². The maximum atomic E-state index is 13.2. The third-order valence-corrected chi connectivity index (χ3v) is 5.69. The lowest BCUT2D eigenvalue weighted by atomic mass is 10.1. The standard InChI is InChI=1S/C20H16F4N6OS2/c1-10-5-14(16(21)22)27-19(13(10)7-25)33-9-12-6-11(3-4-15(12)31-2)8-26-30-18(17(23)24)28-29-20(30)32/h3-6,8,16-17H,9H2,1-2H3,(H,29,32)/b26-8-. The number of nitrogens with one attached hydrogen (secondary N) is 1. The van der Waals surface area contributed by atoms with Gasteiger partial charge >= 0.3 is 0 Å². The minimum absolute atomic E-state index is 0.0878. The van der Waals surface area contributed by atoms with Gasteiger partial charge in [0.05, 0.1) is 18.9 Å². The molecule has 0 spiro atoms. The Hall–Kier alpha value is -3.24. The maximum Gasteiger partial charge on any atom is 0.299 e. The molecule has 0 aliphatic rings. The molecule has 0 amide bonds. The Bertz CT molecular complexity index is 1280. The number of nitriles is 1. The number of aryl methyl sites for hydroxylation is 1. The lowest BCUT2D eigenvalue weighted by Crippen LogP contribution is -2.00. The van der Waals surface area contributed by atoms with Crippen molar-refractivity contribution < 1.29 is 22.3 Å². The van der Waals surface area contributed by atoms with E-state index in [0.717, 1.165) is 16.4 Å². The summed E-state index contributed by atoms with van der Waals surface area (Å²) in [5.74, 6) is 0.129. The van der Waals surface area contributed by atoms with Crippen molar-refractivity contribution in [3.8, 4) is 11.8 Å². The second kappa shape index (κ2) is 10.6. The van der Waals surface area contributed by atoms with Gasteiger partial charge in [0.1, 0.15) is 22.5 Å². The molecule has 0 aliphatic carbocycles. The van der Waals surface area contributed by atoms with Crippen LogP contribution in [0.3, 0.4) is 0 Å². The van der Waals surface area contributed by atoms with Crippen LogP contribution in [0, 0.1) is 23.0 Å².